The van der Waals surface area contributed by atoms with E-state index in [0.29, 0.717) is 5.69 Å². The summed E-state index contributed by atoms with van der Waals surface area (Å²) in [4.78, 5) is 0. The molecule has 0 aromatic heterocycles. The first-order valence-corrected chi connectivity index (χ1v) is 3.56. The second-order valence-electron chi connectivity index (χ2n) is 2.33. The molecule has 12 heavy (non-hydrogen) atoms. The third-order valence-corrected chi connectivity index (χ3v) is 1.33. The summed E-state index contributed by atoms with van der Waals surface area (Å²) in [6, 6.07) is 4.32. The van der Waals surface area contributed by atoms with Crippen molar-refractivity contribution in [3.8, 4) is 5.75 Å². The zero-order valence-electron chi connectivity index (χ0n) is 6.80. The lowest BCUT2D eigenvalue weighted by Gasteiger charge is -2.05. The van der Waals surface area contributed by atoms with Crippen LogP contribution in [0, 0.1) is 5.82 Å². The van der Waals surface area contributed by atoms with E-state index in [-0.39, 0.29) is 12.5 Å². The summed E-state index contributed by atoms with van der Waals surface area (Å²) in [5, 5.41) is 2.74. The van der Waals surface area contributed by atoms with Crippen LogP contribution >= 0.6 is 0 Å². The molecule has 4 heteroatoms. The van der Waals surface area contributed by atoms with Gasteiger partial charge in [-0.15, -0.1) is 0 Å². The van der Waals surface area contributed by atoms with Gasteiger partial charge in [-0.25, -0.2) is 4.39 Å². The maximum absolute atomic E-state index is 12.9. The fraction of sp³-hybridized carbons (Fsp3) is 0.250. The van der Waals surface area contributed by atoms with Crippen LogP contribution in [0.4, 0.5) is 10.1 Å². The summed E-state index contributed by atoms with van der Waals surface area (Å²) >= 11 is 0. The zero-order valence-corrected chi connectivity index (χ0v) is 6.80. The van der Waals surface area contributed by atoms with Gasteiger partial charge in [-0.1, -0.05) is 0 Å². The number of anilines is 1. The highest BCUT2D eigenvalue weighted by Gasteiger charge is 2.01. The molecule has 1 aromatic carbocycles. The van der Waals surface area contributed by atoms with Gasteiger partial charge in [0.15, 0.2) is 11.6 Å². The highest BCUT2D eigenvalue weighted by atomic mass is 19.1. The summed E-state index contributed by atoms with van der Waals surface area (Å²) in [5.41, 5.74) is 5.74. The van der Waals surface area contributed by atoms with Gasteiger partial charge in [0.05, 0.1) is 0 Å². The smallest absolute Gasteiger partial charge is 0.167 e. The standard InChI is InChI=1S/C8H11FN2O/c1-11-5-12-8-3-2-6(10)4-7(8)9/h2-4,11H,5,10H2,1H3. The van der Waals surface area contributed by atoms with E-state index >= 15 is 0 Å². The van der Waals surface area contributed by atoms with Crippen molar-refractivity contribution in [2.45, 2.75) is 0 Å². The quantitative estimate of drug-likeness (QED) is 0.524. The molecule has 0 atom stereocenters. The maximum atomic E-state index is 12.9. The Labute approximate surface area is 70.3 Å². The van der Waals surface area contributed by atoms with Gasteiger partial charge in [0.2, 0.25) is 0 Å². The Morgan fingerprint density at radius 3 is 2.92 bits per heavy atom. The normalized spacial score (nSPS) is 9.83. The predicted octanol–water partition coefficient (Wildman–Crippen LogP) is 0.964. The second-order valence-corrected chi connectivity index (χ2v) is 2.33. The number of rotatable bonds is 3. The lowest BCUT2D eigenvalue weighted by molar-refractivity contribution is 0.282. The van der Waals surface area contributed by atoms with Crippen molar-refractivity contribution in [2.24, 2.45) is 0 Å². The molecule has 66 valence electrons. The molecule has 0 amide bonds. The largest absolute Gasteiger partial charge is 0.475 e. The molecule has 3 nitrogen and oxygen atoms in total. The Bertz CT molecular complexity index is 265. The molecule has 0 unspecified atom stereocenters. The van der Waals surface area contributed by atoms with Crippen LogP contribution in [0.3, 0.4) is 0 Å². The van der Waals surface area contributed by atoms with E-state index in [1.54, 1.807) is 13.1 Å². The van der Waals surface area contributed by atoms with Crippen LogP contribution in [-0.2, 0) is 0 Å². The SMILES string of the molecule is CNCOc1ccc(N)cc1F. The van der Waals surface area contributed by atoms with E-state index in [1.807, 2.05) is 0 Å². The molecule has 1 aromatic rings. The van der Waals surface area contributed by atoms with E-state index in [2.05, 4.69) is 5.32 Å². The highest BCUT2D eigenvalue weighted by Crippen LogP contribution is 2.18. The Morgan fingerprint density at radius 1 is 1.58 bits per heavy atom. The first-order chi connectivity index (χ1) is 5.74. The molecular weight excluding hydrogens is 159 g/mol. The number of hydrogen-bond acceptors (Lipinski definition) is 3. The van der Waals surface area contributed by atoms with Crippen molar-refractivity contribution >= 4 is 5.69 Å². The molecular formula is C8H11FN2O. The molecule has 0 bridgehead atoms. The Balaban J connectivity index is 2.72. The van der Waals surface area contributed by atoms with Gasteiger partial charge in [0, 0.05) is 11.8 Å². The highest BCUT2D eigenvalue weighted by molar-refractivity contribution is 5.42. The van der Waals surface area contributed by atoms with Crippen molar-refractivity contribution in [2.75, 3.05) is 19.5 Å². The van der Waals surface area contributed by atoms with Crippen LogP contribution in [-0.4, -0.2) is 13.8 Å². The van der Waals surface area contributed by atoms with Gasteiger partial charge in [-0.05, 0) is 19.2 Å². The van der Waals surface area contributed by atoms with Crippen molar-refractivity contribution in [3.05, 3.63) is 24.0 Å². The summed E-state index contributed by atoms with van der Waals surface area (Å²) in [6.45, 7) is 0.279. The number of nitrogens with one attached hydrogen (secondary N) is 1. The van der Waals surface area contributed by atoms with Gasteiger partial charge in [-0.3, -0.25) is 5.32 Å². The number of hydrogen-bond donors (Lipinski definition) is 2. The Kier molecular flexibility index (Phi) is 2.88. The van der Waals surface area contributed by atoms with Crippen LogP contribution < -0.4 is 15.8 Å². The van der Waals surface area contributed by atoms with Gasteiger partial charge < -0.3 is 10.5 Å². The molecule has 3 N–H and O–H groups in total. The van der Waals surface area contributed by atoms with E-state index < -0.39 is 5.82 Å². The summed E-state index contributed by atoms with van der Waals surface area (Å²) < 4.78 is 17.9. The molecule has 0 aliphatic carbocycles. The monoisotopic (exact) mass is 170 g/mol. The van der Waals surface area contributed by atoms with E-state index in [9.17, 15) is 4.39 Å². The van der Waals surface area contributed by atoms with Crippen LogP contribution in [0.15, 0.2) is 18.2 Å². The molecule has 0 saturated heterocycles. The minimum absolute atomic E-state index is 0.207. The topological polar surface area (TPSA) is 47.3 Å². The van der Waals surface area contributed by atoms with Crippen molar-refractivity contribution in [1.82, 2.24) is 5.32 Å². The van der Waals surface area contributed by atoms with Crippen molar-refractivity contribution in [3.63, 3.8) is 0 Å². The van der Waals surface area contributed by atoms with Crippen LogP contribution in [0.5, 0.6) is 5.75 Å². The predicted molar refractivity (Wildman–Crippen MR) is 45.4 cm³/mol. The number of halogens is 1. The average Bonchev–Trinajstić information content (AvgIpc) is 2.03. The van der Waals surface area contributed by atoms with Crippen LogP contribution in [0.2, 0.25) is 0 Å². The average molecular weight is 170 g/mol. The molecule has 0 saturated carbocycles. The van der Waals surface area contributed by atoms with E-state index in [4.69, 9.17) is 10.5 Å². The zero-order chi connectivity index (χ0) is 8.97. The van der Waals surface area contributed by atoms with Crippen LogP contribution in [0.25, 0.3) is 0 Å². The molecule has 0 aliphatic heterocycles. The summed E-state index contributed by atoms with van der Waals surface area (Å²) in [7, 11) is 1.72. The maximum Gasteiger partial charge on any atom is 0.167 e. The van der Waals surface area contributed by atoms with Gasteiger partial charge in [-0.2, -0.15) is 0 Å². The second kappa shape index (κ2) is 3.92. The van der Waals surface area contributed by atoms with Crippen molar-refractivity contribution < 1.29 is 9.13 Å². The van der Waals surface area contributed by atoms with E-state index in [1.165, 1.54) is 12.1 Å². The molecule has 0 heterocycles. The lowest BCUT2D eigenvalue weighted by atomic mass is 10.3. The first kappa shape index (κ1) is 8.80. The van der Waals surface area contributed by atoms with E-state index in [0.717, 1.165) is 0 Å². The number of nitrogens with two attached hydrogens (primary N) is 1. The van der Waals surface area contributed by atoms with Crippen LogP contribution in [0.1, 0.15) is 0 Å². The first-order valence-electron chi connectivity index (χ1n) is 3.56. The third-order valence-electron chi connectivity index (χ3n) is 1.33. The fourth-order valence-electron chi connectivity index (χ4n) is 0.784. The Morgan fingerprint density at radius 2 is 2.33 bits per heavy atom. The number of benzene rings is 1. The summed E-state index contributed by atoms with van der Waals surface area (Å²) in [5.74, 6) is -0.233. The molecule has 0 radical (unpaired) electrons. The molecule has 0 aliphatic rings. The number of nitrogen functional groups attached to an aromatic ring is 1. The van der Waals surface area contributed by atoms with Gasteiger partial charge >= 0.3 is 0 Å². The third kappa shape index (κ3) is 2.10. The minimum atomic E-state index is -0.440. The summed E-state index contributed by atoms with van der Waals surface area (Å²) in [6.07, 6.45) is 0. The van der Waals surface area contributed by atoms with Gasteiger partial charge in [0.1, 0.15) is 6.73 Å². The molecule has 0 spiro atoms. The fourth-order valence-corrected chi connectivity index (χ4v) is 0.784. The minimum Gasteiger partial charge on any atom is -0.475 e. The van der Waals surface area contributed by atoms with Gasteiger partial charge in [0.25, 0.3) is 0 Å². The lowest BCUT2D eigenvalue weighted by Crippen LogP contribution is -2.14. The van der Waals surface area contributed by atoms with Crippen molar-refractivity contribution in [1.29, 1.82) is 0 Å². The molecule has 0 fully saturated rings. The number of ether oxygens (including phenoxy) is 1. The molecule has 1 rings (SSSR count). The Hall–Kier alpha value is -1.29.